The molecule has 0 spiro atoms. The zero-order valence-corrected chi connectivity index (χ0v) is 12.1. The van der Waals surface area contributed by atoms with Gasteiger partial charge in [-0.25, -0.2) is 4.79 Å². The van der Waals surface area contributed by atoms with E-state index in [4.69, 9.17) is 4.74 Å². The van der Waals surface area contributed by atoms with Crippen molar-refractivity contribution in [1.29, 1.82) is 0 Å². The van der Waals surface area contributed by atoms with Gasteiger partial charge in [0.2, 0.25) is 0 Å². The number of anilines is 1. The van der Waals surface area contributed by atoms with Crippen LogP contribution in [0.15, 0.2) is 24.3 Å². The fraction of sp³-hybridized carbons (Fsp3) is 0.533. The molecule has 5 heteroatoms. The normalized spacial score (nSPS) is 17.5. The van der Waals surface area contributed by atoms with Crippen LogP contribution in [0.4, 0.5) is 10.5 Å². The number of hydrogen-bond acceptors (Lipinski definition) is 3. The Hall–Kier alpha value is -1.59. The monoisotopic (exact) mass is 277 g/mol. The molecule has 0 radical (unpaired) electrons. The minimum atomic E-state index is -0.147. The summed E-state index contributed by atoms with van der Waals surface area (Å²) in [5.41, 5.74) is 2.00. The number of benzene rings is 1. The van der Waals surface area contributed by atoms with E-state index in [0.717, 1.165) is 31.7 Å². The van der Waals surface area contributed by atoms with Crippen LogP contribution in [0.5, 0.6) is 0 Å². The van der Waals surface area contributed by atoms with E-state index in [1.54, 1.807) is 0 Å². The lowest BCUT2D eigenvalue weighted by Gasteiger charge is -2.23. The van der Waals surface area contributed by atoms with Crippen LogP contribution >= 0.6 is 0 Å². The summed E-state index contributed by atoms with van der Waals surface area (Å²) in [6, 6.07) is 8.26. The Kier molecular flexibility index (Phi) is 5.38. The van der Waals surface area contributed by atoms with Gasteiger partial charge in [0.05, 0.1) is 0 Å². The van der Waals surface area contributed by atoms with Crippen LogP contribution in [0.1, 0.15) is 31.4 Å². The summed E-state index contributed by atoms with van der Waals surface area (Å²) >= 11 is 0. The Labute approximate surface area is 120 Å². The lowest BCUT2D eigenvalue weighted by Crippen LogP contribution is -2.41. The van der Waals surface area contributed by atoms with Gasteiger partial charge >= 0.3 is 6.03 Å². The summed E-state index contributed by atoms with van der Waals surface area (Å²) in [4.78, 5) is 11.9. The topological polar surface area (TPSA) is 62.4 Å². The van der Waals surface area contributed by atoms with Crippen LogP contribution in [0.3, 0.4) is 0 Å². The molecule has 20 heavy (non-hydrogen) atoms. The smallest absolute Gasteiger partial charge is 0.319 e. The maximum Gasteiger partial charge on any atom is 0.319 e. The van der Waals surface area contributed by atoms with Crippen molar-refractivity contribution in [1.82, 2.24) is 10.6 Å². The van der Waals surface area contributed by atoms with Gasteiger partial charge in [0.15, 0.2) is 0 Å². The van der Waals surface area contributed by atoms with Crippen LogP contribution in [0, 0.1) is 0 Å². The first-order valence-corrected chi connectivity index (χ1v) is 7.11. The van der Waals surface area contributed by atoms with Crippen molar-refractivity contribution < 1.29 is 9.53 Å². The number of urea groups is 1. The first kappa shape index (κ1) is 14.8. The third kappa shape index (κ3) is 4.21. The molecule has 110 valence electrons. The standard InChI is InChI=1S/C15H23N3O2/c1-11(16-2)12-3-5-13(6-4-12)17-15(19)18-14-7-9-20-10-8-14/h3-6,11,14,16H,7-10H2,1-2H3,(H2,17,18,19). The molecule has 1 unspecified atom stereocenters. The predicted octanol–water partition coefficient (Wildman–Crippen LogP) is 2.27. The van der Waals surface area contributed by atoms with Gasteiger partial charge in [0.25, 0.3) is 0 Å². The molecule has 1 atom stereocenters. The summed E-state index contributed by atoms with van der Waals surface area (Å²) in [6.07, 6.45) is 1.76. The maximum absolute atomic E-state index is 11.9. The molecule has 1 aromatic rings. The summed E-state index contributed by atoms with van der Waals surface area (Å²) in [5, 5.41) is 9.02. The molecule has 0 bridgehead atoms. The summed E-state index contributed by atoms with van der Waals surface area (Å²) < 4.78 is 5.27. The van der Waals surface area contributed by atoms with Gasteiger partial charge in [-0.3, -0.25) is 0 Å². The van der Waals surface area contributed by atoms with E-state index < -0.39 is 0 Å². The lowest BCUT2D eigenvalue weighted by atomic mass is 10.1. The SMILES string of the molecule is CNC(C)c1ccc(NC(=O)NC2CCOCC2)cc1. The average molecular weight is 277 g/mol. The lowest BCUT2D eigenvalue weighted by molar-refractivity contribution is 0.0806. The summed E-state index contributed by atoms with van der Waals surface area (Å²) in [7, 11) is 1.93. The molecule has 5 nitrogen and oxygen atoms in total. The highest BCUT2D eigenvalue weighted by Gasteiger charge is 2.15. The largest absolute Gasteiger partial charge is 0.381 e. The van der Waals surface area contributed by atoms with Crippen LogP contribution < -0.4 is 16.0 Å². The van der Waals surface area contributed by atoms with Crippen molar-refractivity contribution in [3.8, 4) is 0 Å². The summed E-state index contributed by atoms with van der Waals surface area (Å²) in [5.74, 6) is 0. The first-order chi connectivity index (χ1) is 9.69. The zero-order chi connectivity index (χ0) is 14.4. The molecule has 0 saturated carbocycles. The molecule has 1 heterocycles. The second-order valence-corrected chi connectivity index (χ2v) is 5.12. The Morgan fingerprint density at radius 3 is 2.50 bits per heavy atom. The Morgan fingerprint density at radius 2 is 1.90 bits per heavy atom. The third-order valence-electron chi connectivity index (χ3n) is 3.66. The van der Waals surface area contributed by atoms with Gasteiger partial charge in [0.1, 0.15) is 0 Å². The second-order valence-electron chi connectivity index (χ2n) is 5.12. The molecular weight excluding hydrogens is 254 g/mol. The molecule has 1 aromatic carbocycles. The van der Waals surface area contributed by atoms with Crippen molar-refractivity contribution in [3.05, 3.63) is 29.8 Å². The van der Waals surface area contributed by atoms with Crippen molar-refractivity contribution in [3.63, 3.8) is 0 Å². The highest BCUT2D eigenvalue weighted by atomic mass is 16.5. The second kappa shape index (κ2) is 7.26. The maximum atomic E-state index is 11.9. The number of rotatable bonds is 4. The first-order valence-electron chi connectivity index (χ1n) is 7.11. The van der Waals surface area contributed by atoms with Crippen LogP contribution in [-0.2, 0) is 4.74 Å². The molecule has 3 N–H and O–H groups in total. The number of ether oxygens (including phenoxy) is 1. The third-order valence-corrected chi connectivity index (χ3v) is 3.66. The van der Waals surface area contributed by atoms with Gasteiger partial charge in [0, 0.05) is 31.0 Å². The van der Waals surface area contributed by atoms with E-state index in [1.165, 1.54) is 5.56 Å². The fourth-order valence-corrected chi connectivity index (χ4v) is 2.22. The quantitative estimate of drug-likeness (QED) is 0.791. The van der Waals surface area contributed by atoms with E-state index >= 15 is 0 Å². The Morgan fingerprint density at radius 1 is 1.25 bits per heavy atom. The molecule has 0 aliphatic carbocycles. The molecule has 2 rings (SSSR count). The van der Waals surface area contributed by atoms with Gasteiger partial charge in [-0.1, -0.05) is 12.1 Å². The predicted molar refractivity (Wildman–Crippen MR) is 79.9 cm³/mol. The molecule has 1 saturated heterocycles. The minimum Gasteiger partial charge on any atom is -0.381 e. The molecule has 1 aliphatic heterocycles. The molecule has 1 aliphatic rings. The van der Waals surface area contributed by atoms with Crippen molar-refractivity contribution in [2.45, 2.75) is 31.8 Å². The highest BCUT2D eigenvalue weighted by molar-refractivity contribution is 5.89. The van der Waals surface area contributed by atoms with Crippen molar-refractivity contribution in [2.75, 3.05) is 25.6 Å². The van der Waals surface area contributed by atoms with Gasteiger partial charge in [-0.05, 0) is 44.5 Å². The van der Waals surface area contributed by atoms with E-state index in [2.05, 4.69) is 22.9 Å². The molecule has 2 amide bonds. The minimum absolute atomic E-state index is 0.147. The molecule has 0 aromatic heterocycles. The average Bonchev–Trinajstić information content (AvgIpc) is 2.48. The number of carbonyl (C=O) groups excluding carboxylic acids is 1. The van der Waals surface area contributed by atoms with E-state index in [-0.39, 0.29) is 12.1 Å². The summed E-state index contributed by atoms with van der Waals surface area (Å²) in [6.45, 7) is 3.55. The fourth-order valence-electron chi connectivity index (χ4n) is 2.22. The van der Waals surface area contributed by atoms with Crippen molar-refractivity contribution >= 4 is 11.7 Å². The van der Waals surface area contributed by atoms with E-state index in [9.17, 15) is 4.79 Å². The van der Waals surface area contributed by atoms with Crippen LogP contribution in [0.25, 0.3) is 0 Å². The van der Waals surface area contributed by atoms with Crippen LogP contribution in [0.2, 0.25) is 0 Å². The Balaban J connectivity index is 1.84. The Bertz CT molecular complexity index is 427. The zero-order valence-electron chi connectivity index (χ0n) is 12.1. The van der Waals surface area contributed by atoms with Gasteiger partial charge < -0.3 is 20.7 Å². The van der Waals surface area contributed by atoms with Gasteiger partial charge in [-0.15, -0.1) is 0 Å². The number of carbonyl (C=O) groups is 1. The number of hydrogen-bond donors (Lipinski definition) is 3. The molecular formula is C15H23N3O2. The van der Waals surface area contributed by atoms with E-state index in [1.807, 2.05) is 31.3 Å². The number of amides is 2. The van der Waals surface area contributed by atoms with Crippen LogP contribution in [-0.4, -0.2) is 32.3 Å². The molecule has 1 fully saturated rings. The van der Waals surface area contributed by atoms with Gasteiger partial charge in [-0.2, -0.15) is 0 Å². The number of nitrogens with one attached hydrogen (secondary N) is 3. The van der Waals surface area contributed by atoms with Crippen molar-refractivity contribution in [2.24, 2.45) is 0 Å². The highest BCUT2D eigenvalue weighted by Crippen LogP contribution is 2.15. The van der Waals surface area contributed by atoms with E-state index in [0.29, 0.717) is 6.04 Å².